The summed E-state index contributed by atoms with van der Waals surface area (Å²) >= 11 is 9.55. The van der Waals surface area contributed by atoms with Crippen molar-refractivity contribution in [2.24, 2.45) is 0 Å². The van der Waals surface area contributed by atoms with Crippen LogP contribution in [0.2, 0.25) is 5.02 Å². The number of rotatable bonds is 6. The molecule has 3 nitrogen and oxygen atoms in total. The zero-order valence-electron chi connectivity index (χ0n) is 11.7. The fraction of sp³-hybridized carbons (Fsp3) is 0.400. The van der Waals surface area contributed by atoms with Crippen LogP contribution in [0.3, 0.4) is 0 Å². The fourth-order valence-corrected chi connectivity index (χ4v) is 3.04. The Bertz CT molecular complexity index is 551. The minimum absolute atomic E-state index is 0.234. The molecule has 1 unspecified atom stereocenters. The SMILES string of the molecule is CCNC(Cc1ccc(Cl)cc1)c1c(Br)cnn1CC. The molecule has 1 aromatic carbocycles. The molecule has 20 heavy (non-hydrogen) atoms. The molecule has 0 radical (unpaired) electrons. The van der Waals surface area contributed by atoms with E-state index in [1.165, 1.54) is 11.3 Å². The second-order valence-corrected chi connectivity index (χ2v) is 5.93. The van der Waals surface area contributed by atoms with Crippen LogP contribution in [-0.4, -0.2) is 16.3 Å². The highest BCUT2D eigenvalue weighted by Gasteiger charge is 2.19. The Labute approximate surface area is 133 Å². The maximum atomic E-state index is 5.94. The van der Waals surface area contributed by atoms with Gasteiger partial charge in [0.1, 0.15) is 0 Å². The molecule has 0 saturated heterocycles. The Morgan fingerprint density at radius 3 is 2.60 bits per heavy atom. The van der Waals surface area contributed by atoms with Crippen LogP contribution in [0.1, 0.15) is 31.1 Å². The van der Waals surface area contributed by atoms with E-state index in [0.29, 0.717) is 0 Å². The predicted molar refractivity (Wildman–Crippen MR) is 87.2 cm³/mol. The van der Waals surface area contributed by atoms with Crippen LogP contribution in [0.5, 0.6) is 0 Å². The summed E-state index contributed by atoms with van der Waals surface area (Å²) in [6.45, 7) is 6.01. The van der Waals surface area contributed by atoms with E-state index in [-0.39, 0.29) is 6.04 Å². The molecule has 2 rings (SSSR count). The van der Waals surface area contributed by atoms with E-state index in [2.05, 4.69) is 52.3 Å². The van der Waals surface area contributed by atoms with E-state index in [1.54, 1.807) is 0 Å². The van der Waals surface area contributed by atoms with Crippen LogP contribution >= 0.6 is 27.5 Å². The number of hydrogen-bond acceptors (Lipinski definition) is 2. The zero-order chi connectivity index (χ0) is 14.5. The number of nitrogens with zero attached hydrogens (tertiary/aromatic N) is 2. The summed E-state index contributed by atoms with van der Waals surface area (Å²) in [6, 6.07) is 8.26. The van der Waals surface area contributed by atoms with Crippen LogP contribution in [-0.2, 0) is 13.0 Å². The van der Waals surface area contributed by atoms with E-state index in [9.17, 15) is 0 Å². The molecule has 0 bridgehead atoms. The minimum Gasteiger partial charge on any atom is -0.309 e. The van der Waals surface area contributed by atoms with E-state index < -0.39 is 0 Å². The van der Waals surface area contributed by atoms with Crippen LogP contribution in [0.25, 0.3) is 0 Å². The molecule has 5 heteroatoms. The first-order valence-corrected chi connectivity index (χ1v) is 8.01. The van der Waals surface area contributed by atoms with Crippen molar-refractivity contribution in [2.75, 3.05) is 6.54 Å². The first-order valence-electron chi connectivity index (χ1n) is 6.84. The molecule has 0 aliphatic heterocycles. The molecule has 1 N–H and O–H groups in total. The average Bonchev–Trinajstić information content (AvgIpc) is 2.82. The third kappa shape index (κ3) is 3.62. The summed E-state index contributed by atoms with van der Waals surface area (Å²) in [4.78, 5) is 0. The van der Waals surface area contributed by atoms with Crippen LogP contribution in [0.15, 0.2) is 34.9 Å². The van der Waals surface area contributed by atoms with Crippen LogP contribution in [0, 0.1) is 0 Å². The molecule has 1 heterocycles. The van der Waals surface area contributed by atoms with Gasteiger partial charge in [-0.05, 0) is 53.5 Å². The van der Waals surface area contributed by atoms with Crippen molar-refractivity contribution in [1.82, 2.24) is 15.1 Å². The topological polar surface area (TPSA) is 29.9 Å². The fourth-order valence-electron chi connectivity index (χ4n) is 2.34. The monoisotopic (exact) mass is 355 g/mol. The number of halogens is 2. The molecular formula is C15H19BrClN3. The Morgan fingerprint density at radius 2 is 2.00 bits per heavy atom. The first kappa shape index (κ1) is 15.5. The van der Waals surface area contributed by atoms with E-state index >= 15 is 0 Å². The van der Waals surface area contributed by atoms with Crippen molar-refractivity contribution in [3.05, 3.63) is 51.2 Å². The lowest BCUT2D eigenvalue weighted by Crippen LogP contribution is -2.26. The average molecular weight is 357 g/mol. The van der Waals surface area contributed by atoms with Crippen molar-refractivity contribution < 1.29 is 0 Å². The molecule has 0 amide bonds. The second-order valence-electron chi connectivity index (χ2n) is 4.63. The van der Waals surface area contributed by atoms with Crippen molar-refractivity contribution in [1.29, 1.82) is 0 Å². The van der Waals surface area contributed by atoms with Gasteiger partial charge in [0.25, 0.3) is 0 Å². The predicted octanol–water partition coefficient (Wildman–Crippen LogP) is 4.21. The molecule has 0 aliphatic rings. The maximum absolute atomic E-state index is 5.94. The standard InChI is InChI=1S/C15H19BrClN3/c1-3-18-14(9-11-5-7-12(17)8-6-11)15-13(16)10-19-20(15)4-2/h5-8,10,14,18H,3-4,9H2,1-2H3. The van der Waals surface area contributed by atoms with E-state index in [0.717, 1.165) is 29.0 Å². The highest BCUT2D eigenvalue weighted by Crippen LogP contribution is 2.26. The smallest absolute Gasteiger partial charge is 0.0698 e. The van der Waals surface area contributed by atoms with Gasteiger partial charge in [-0.1, -0.05) is 30.7 Å². The molecule has 2 aromatic rings. The highest BCUT2D eigenvalue weighted by molar-refractivity contribution is 9.10. The minimum atomic E-state index is 0.234. The lowest BCUT2D eigenvalue weighted by molar-refractivity contribution is 0.488. The van der Waals surface area contributed by atoms with Gasteiger partial charge in [0.15, 0.2) is 0 Å². The van der Waals surface area contributed by atoms with Gasteiger partial charge >= 0.3 is 0 Å². The largest absolute Gasteiger partial charge is 0.309 e. The van der Waals surface area contributed by atoms with Gasteiger partial charge in [-0.25, -0.2) is 0 Å². The van der Waals surface area contributed by atoms with Gasteiger partial charge in [-0.2, -0.15) is 5.10 Å². The third-order valence-corrected chi connectivity index (χ3v) is 4.13. The number of aryl methyl sites for hydroxylation is 1. The Hall–Kier alpha value is -0.840. The number of likely N-dealkylation sites (N-methyl/N-ethyl adjacent to an activating group) is 1. The van der Waals surface area contributed by atoms with Crippen molar-refractivity contribution >= 4 is 27.5 Å². The molecule has 0 fully saturated rings. The molecule has 0 spiro atoms. The molecule has 1 atom stereocenters. The van der Waals surface area contributed by atoms with Gasteiger partial charge in [-0.3, -0.25) is 4.68 Å². The highest BCUT2D eigenvalue weighted by atomic mass is 79.9. The van der Waals surface area contributed by atoms with Crippen molar-refractivity contribution in [3.8, 4) is 0 Å². The van der Waals surface area contributed by atoms with Crippen LogP contribution in [0.4, 0.5) is 0 Å². The first-order chi connectivity index (χ1) is 9.65. The summed E-state index contributed by atoms with van der Waals surface area (Å²) in [5.74, 6) is 0. The number of benzene rings is 1. The number of aromatic nitrogens is 2. The molecule has 0 aliphatic carbocycles. The van der Waals surface area contributed by atoms with Gasteiger partial charge in [0.2, 0.25) is 0 Å². The lowest BCUT2D eigenvalue weighted by Gasteiger charge is -2.20. The van der Waals surface area contributed by atoms with Gasteiger partial charge < -0.3 is 5.32 Å². The van der Waals surface area contributed by atoms with Crippen LogP contribution < -0.4 is 5.32 Å². The summed E-state index contributed by atoms with van der Waals surface area (Å²) in [6.07, 6.45) is 2.78. The quantitative estimate of drug-likeness (QED) is 0.840. The molecular weight excluding hydrogens is 338 g/mol. The molecule has 0 saturated carbocycles. The third-order valence-electron chi connectivity index (χ3n) is 3.27. The van der Waals surface area contributed by atoms with Gasteiger partial charge in [0, 0.05) is 11.6 Å². The Balaban J connectivity index is 2.26. The summed E-state index contributed by atoms with van der Waals surface area (Å²) < 4.78 is 3.09. The summed E-state index contributed by atoms with van der Waals surface area (Å²) in [5.41, 5.74) is 2.46. The number of nitrogens with one attached hydrogen (secondary N) is 1. The number of hydrogen-bond donors (Lipinski definition) is 1. The Morgan fingerprint density at radius 1 is 1.30 bits per heavy atom. The zero-order valence-corrected chi connectivity index (χ0v) is 14.1. The second kappa shape index (κ2) is 7.25. The molecule has 108 valence electrons. The van der Waals surface area contributed by atoms with E-state index in [4.69, 9.17) is 11.6 Å². The van der Waals surface area contributed by atoms with Gasteiger partial charge in [0.05, 0.1) is 22.4 Å². The summed E-state index contributed by atoms with van der Waals surface area (Å²) in [5, 5.41) is 8.71. The van der Waals surface area contributed by atoms with Crippen molar-refractivity contribution in [3.63, 3.8) is 0 Å². The molecule has 1 aromatic heterocycles. The normalized spacial score (nSPS) is 12.6. The van der Waals surface area contributed by atoms with E-state index in [1.807, 2.05) is 23.0 Å². The summed E-state index contributed by atoms with van der Waals surface area (Å²) in [7, 11) is 0. The Kier molecular flexibility index (Phi) is 5.64. The maximum Gasteiger partial charge on any atom is 0.0698 e. The van der Waals surface area contributed by atoms with Crippen molar-refractivity contribution in [2.45, 2.75) is 32.9 Å². The van der Waals surface area contributed by atoms with Gasteiger partial charge in [-0.15, -0.1) is 0 Å². The lowest BCUT2D eigenvalue weighted by atomic mass is 10.0.